The Morgan fingerprint density at radius 1 is 1.10 bits per heavy atom. The quantitative estimate of drug-likeness (QED) is 0.303. The lowest BCUT2D eigenvalue weighted by Gasteiger charge is -2.15. The van der Waals surface area contributed by atoms with Gasteiger partial charge in [0.05, 0.1) is 28.5 Å². The van der Waals surface area contributed by atoms with E-state index in [1.54, 1.807) is 19.1 Å². The Labute approximate surface area is 193 Å². The van der Waals surface area contributed by atoms with Gasteiger partial charge in [-0.2, -0.15) is 0 Å². The van der Waals surface area contributed by atoms with Crippen molar-refractivity contribution in [3.63, 3.8) is 0 Å². The third-order valence-corrected chi connectivity index (χ3v) is 6.91. The predicted molar refractivity (Wildman–Crippen MR) is 123 cm³/mol. The first-order valence-electron chi connectivity index (χ1n) is 9.04. The monoisotopic (exact) mass is 496 g/mol. The third-order valence-electron chi connectivity index (χ3n) is 3.70. The third kappa shape index (κ3) is 8.56. The van der Waals surface area contributed by atoms with Crippen molar-refractivity contribution in [1.82, 2.24) is 0 Å². The summed E-state index contributed by atoms with van der Waals surface area (Å²) < 4.78 is 22.6. The maximum atomic E-state index is 11.5. The van der Waals surface area contributed by atoms with E-state index in [0.29, 0.717) is 34.0 Å². The normalized spacial score (nSPS) is 13.1. The number of hydrogen-bond donors (Lipinski definition) is 1. The molecule has 0 aromatic heterocycles. The topological polar surface area (TPSA) is 55.8 Å². The summed E-state index contributed by atoms with van der Waals surface area (Å²) in [6.07, 6.45) is -0.0427. The molecule has 0 fully saturated rings. The molecule has 0 bridgehead atoms. The number of halogens is 3. The van der Waals surface area contributed by atoms with E-state index in [1.807, 2.05) is 24.3 Å². The summed E-state index contributed by atoms with van der Waals surface area (Å²) in [6, 6.07) is 11.2. The van der Waals surface area contributed by atoms with Crippen LogP contribution in [0.25, 0.3) is 0 Å². The van der Waals surface area contributed by atoms with Gasteiger partial charge < -0.3 is 14.6 Å². The van der Waals surface area contributed by atoms with E-state index in [9.17, 15) is 9.32 Å². The summed E-state index contributed by atoms with van der Waals surface area (Å²) >= 11 is 19.8. The lowest BCUT2D eigenvalue weighted by molar-refractivity contribution is 0.125. The van der Waals surface area contributed by atoms with Gasteiger partial charge in [-0.15, -0.1) is 11.6 Å². The van der Waals surface area contributed by atoms with Crippen LogP contribution in [0.4, 0.5) is 0 Å². The summed E-state index contributed by atoms with van der Waals surface area (Å²) in [5.74, 6) is 2.33. The number of benzene rings is 2. The Bertz CT molecular complexity index is 780. The number of rotatable bonds is 12. The predicted octanol–water partition coefficient (Wildman–Crippen LogP) is 5.66. The standard InChI is InChI=1S/C20H23Cl3O4S2/c1-2-29(25)13-14(24)12-27-20-18(22)10-17(11-19(20)23)28-16-6-4-15(5-7-16)26-9-3-8-21/h4-7,10-11,14,24H,2-3,8-9,12-13H2,1H3. The highest BCUT2D eigenvalue weighted by atomic mass is 35.5. The van der Waals surface area contributed by atoms with Crippen molar-refractivity contribution in [3.8, 4) is 11.5 Å². The zero-order chi connectivity index (χ0) is 21.2. The summed E-state index contributed by atoms with van der Waals surface area (Å²) in [7, 11) is -1.07. The van der Waals surface area contributed by atoms with Crippen LogP contribution in [0.15, 0.2) is 46.2 Å². The molecule has 0 amide bonds. The molecule has 4 nitrogen and oxygen atoms in total. The number of hydrogen-bond acceptors (Lipinski definition) is 5. The molecule has 0 aliphatic rings. The minimum Gasteiger partial charge on any atom is -0.494 e. The van der Waals surface area contributed by atoms with Gasteiger partial charge in [0.1, 0.15) is 12.4 Å². The van der Waals surface area contributed by atoms with E-state index in [4.69, 9.17) is 44.3 Å². The van der Waals surface area contributed by atoms with Gasteiger partial charge in [-0.05, 0) is 42.8 Å². The molecule has 160 valence electrons. The van der Waals surface area contributed by atoms with Gasteiger partial charge in [0, 0.05) is 32.2 Å². The number of alkyl halides is 1. The smallest absolute Gasteiger partial charge is 0.156 e. The minimum absolute atomic E-state index is 0.0250. The molecule has 1 N–H and O–H groups in total. The second-order valence-electron chi connectivity index (χ2n) is 6.04. The molecule has 29 heavy (non-hydrogen) atoms. The van der Waals surface area contributed by atoms with Crippen LogP contribution in [-0.2, 0) is 10.8 Å². The number of aliphatic hydroxyl groups is 1. The molecule has 2 rings (SSSR count). The first-order valence-corrected chi connectivity index (χ1v) is 12.6. The highest BCUT2D eigenvalue weighted by Gasteiger charge is 2.14. The molecule has 0 aliphatic heterocycles. The lowest BCUT2D eigenvalue weighted by Crippen LogP contribution is -2.25. The molecular formula is C20H23Cl3O4S2. The van der Waals surface area contributed by atoms with E-state index < -0.39 is 16.9 Å². The first-order chi connectivity index (χ1) is 13.9. The van der Waals surface area contributed by atoms with E-state index in [-0.39, 0.29) is 12.4 Å². The van der Waals surface area contributed by atoms with Crippen LogP contribution in [-0.4, -0.2) is 46.0 Å². The van der Waals surface area contributed by atoms with Crippen molar-refractivity contribution in [2.24, 2.45) is 0 Å². The largest absolute Gasteiger partial charge is 0.494 e. The van der Waals surface area contributed by atoms with Crippen LogP contribution in [0.1, 0.15) is 13.3 Å². The molecule has 2 unspecified atom stereocenters. The maximum absolute atomic E-state index is 11.5. The fourth-order valence-electron chi connectivity index (χ4n) is 2.28. The van der Waals surface area contributed by atoms with Crippen molar-refractivity contribution in [1.29, 1.82) is 0 Å². The molecule has 2 aromatic carbocycles. The van der Waals surface area contributed by atoms with Crippen molar-refractivity contribution in [3.05, 3.63) is 46.4 Å². The van der Waals surface area contributed by atoms with Gasteiger partial charge in [-0.1, -0.05) is 41.9 Å². The Kier molecular flexibility index (Phi) is 11.0. The van der Waals surface area contributed by atoms with Gasteiger partial charge in [0.2, 0.25) is 0 Å². The Morgan fingerprint density at radius 3 is 2.34 bits per heavy atom. The zero-order valence-corrected chi connectivity index (χ0v) is 19.8. The second kappa shape index (κ2) is 12.9. The van der Waals surface area contributed by atoms with Gasteiger partial charge in [0.15, 0.2) is 5.75 Å². The Balaban J connectivity index is 1.97. The Morgan fingerprint density at radius 2 is 1.76 bits per heavy atom. The summed E-state index contributed by atoms with van der Waals surface area (Å²) in [4.78, 5) is 1.86. The average molecular weight is 498 g/mol. The SMILES string of the molecule is CCS(=O)CC(O)COc1c(Cl)cc(Sc2ccc(OCCCCl)cc2)cc1Cl. The van der Waals surface area contributed by atoms with Crippen LogP contribution in [0.3, 0.4) is 0 Å². The number of ether oxygens (including phenoxy) is 2. The second-order valence-corrected chi connectivity index (χ2v) is 10.2. The molecular weight excluding hydrogens is 475 g/mol. The highest BCUT2D eigenvalue weighted by Crippen LogP contribution is 2.39. The lowest BCUT2D eigenvalue weighted by atomic mass is 10.3. The molecule has 0 aliphatic carbocycles. The summed E-state index contributed by atoms with van der Waals surface area (Å²) in [6.45, 7) is 2.37. The highest BCUT2D eigenvalue weighted by molar-refractivity contribution is 7.99. The molecule has 0 heterocycles. The molecule has 2 atom stereocenters. The van der Waals surface area contributed by atoms with E-state index in [0.717, 1.165) is 22.0 Å². The van der Waals surface area contributed by atoms with Crippen molar-refractivity contribution in [2.45, 2.75) is 29.2 Å². The average Bonchev–Trinajstić information content (AvgIpc) is 2.68. The van der Waals surface area contributed by atoms with E-state index in [2.05, 4.69) is 0 Å². The van der Waals surface area contributed by atoms with Crippen LogP contribution in [0.2, 0.25) is 10.0 Å². The maximum Gasteiger partial charge on any atom is 0.156 e. The fourth-order valence-corrected chi connectivity index (χ4v) is 4.77. The van der Waals surface area contributed by atoms with Gasteiger partial charge in [-0.25, -0.2) is 0 Å². The fraction of sp³-hybridized carbons (Fsp3) is 0.400. The van der Waals surface area contributed by atoms with Crippen LogP contribution < -0.4 is 9.47 Å². The molecule has 0 saturated heterocycles. The minimum atomic E-state index is -1.07. The first kappa shape index (κ1) is 24.6. The van der Waals surface area contributed by atoms with Crippen LogP contribution >= 0.6 is 46.6 Å². The van der Waals surface area contributed by atoms with E-state index >= 15 is 0 Å². The van der Waals surface area contributed by atoms with Crippen molar-refractivity contribution in [2.75, 3.05) is 30.6 Å². The Hall–Kier alpha value is -0.630. The molecule has 2 aromatic rings. The molecule has 0 spiro atoms. The van der Waals surface area contributed by atoms with Crippen molar-refractivity contribution >= 4 is 57.4 Å². The van der Waals surface area contributed by atoms with E-state index in [1.165, 1.54) is 11.8 Å². The van der Waals surface area contributed by atoms with Crippen LogP contribution in [0.5, 0.6) is 11.5 Å². The van der Waals surface area contributed by atoms with Crippen LogP contribution in [0, 0.1) is 0 Å². The van der Waals surface area contributed by atoms with Crippen molar-refractivity contribution < 1.29 is 18.8 Å². The molecule has 9 heteroatoms. The summed E-state index contributed by atoms with van der Waals surface area (Å²) in [5.41, 5.74) is 0. The number of aliphatic hydroxyl groups excluding tert-OH is 1. The zero-order valence-electron chi connectivity index (χ0n) is 15.9. The van der Waals surface area contributed by atoms with Gasteiger partial charge >= 0.3 is 0 Å². The summed E-state index contributed by atoms with van der Waals surface area (Å²) in [5, 5.41) is 10.6. The molecule has 0 radical (unpaired) electrons. The van der Waals surface area contributed by atoms with Gasteiger partial charge in [0.25, 0.3) is 0 Å². The van der Waals surface area contributed by atoms with Gasteiger partial charge in [-0.3, -0.25) is 4.21 Å². The molecule has 0 saturated carbocycles.